The van der Waals surface area contributed by atoms with Gasteiger partial charge >= 0.3 is 5.97 Å². The molecule has 0 radical (unpaired) electrons. The zero-order chi connectivity index (χ0) is 14.3. The largest absolute Gasteiger partial charge is 0.480 e. The Bertz CT molecular complexity index is 462. The van der Waals surface area contributed by atoms with E-state index in [4.69, 9.17) is 5.11 Å². The maximum Gasteiger partial charge on any atom is 0.317 e. The average Bonchev–Trinajstić information content (AvgIpc) is 2.31. The van der Waals surface area contributed by atoms with Gasteiger partial charge in [-0.05, 0) is 28.1 Å². The van der Waals surface area contributed by atoms with Crippen molar-refractivity contribution in [2.24, 2.45) is 0 Å². The zero-order valence-corrected chi connectivity index (χ0v) is 11.8. The number of hydrogen-bond acceptors (Lipinski definition) is 4. The van der Waals surface area contributed by atoms with Gasteiger partial charge < -0.3 is 10.4 Å². The summed E-state index contributed by atoms with van der Waals surface area (Å²) in [6, 6.07) is 3.40. The highest BCUT2D eigenvalue weighted by atomic mass is 79.9. The van der Waals surface area contributed by atoms with E-state index in [0.29, 0.717) is 12.4 Å². The summed E-state index contributed by atoms with van der Waals surface area (Å²) < 4.78 is 0.810. The molecule has 1 aromatic rings. The molecule has 102 valence electrons. The maximum absolute atomic E-state index is 11.7. The van der Waals surface area contributed by atoms with Crippen LogP contribution in [0.25, 0.3) is 0 Å². The van der Waals surface area contributed by atoms with Crippen LogP contribution in [0.4, 0.5) is 5.82 Å². The van der Waals surface area contributed by atoms with E-state index in [1.165, 1.54) is 4.90 Å². The fraction of sp³-hybridized carbons (Fsp3) is 0.250. The summed E-state index contributed by atoms with van der Waals surface area (Å²) >= 11 is 3.24. The number of carbonyl (C=O) groups is 2. The van der Waals surface area contributed by atoms with Gasteiger partial charge in [-0.1, -0.05) is 6.08 Å². The van der Waals surface area contributed by atoms with Crippen LogP contribution in [0.1, 0.15) is 0 Å². The van der Waals surface area contributed by atoms with Crippen molar-refractivity contribution in [3.8, 4) is 0 Å². The van der Waals surface area contributed by atoms with Gasteiger partial charge in [0.25, 0.3) is 0 Å². The molecular weight excluding hydrogens is 314 g/mol. The first-order chi connectivity index (χ1) is 9.01. The standard InChI is InChI=1S/C12H14BrN3O3/c1-2-5-16(8-12(18)19)7-11(17)15-10-4-3-9(13)6-14-10/h2-4,6H,1,5,7-8H2,(H,18,19)(H,14,15,17). The number of pyridine rings is 1. The molecule has 0 atom stereocenters. The van der Waals surface area contributed by atoms with Gasteiger partial charge in [0.05, 0.1) is 13.1 Å². The second kappa shape index (κ2) is 7.65. The SMILES string of the molecule is C=CCN(CC(=O)O)CC(=O)Nc1ccc(Br)cn1. The first kappa shape index (κ1) is 15.3. The van der Waals surface area contributed by atoms with Crippen molar-refractivity contribution in [2.75, 3.05) is 25.0 Å². The molecule has 0 spiro atoms. The van der Waals surface area contributed by atoms with Gasteiger partial charge in [0, 0.05) is 17.2 Å². The second-order valence-corrected chi connectivity index (χ2v) is 4.68. The van der Waals surface area contributed by atoms with Crippen LogP contribution in [-0.4, -0.2) is 46.5 Å². The molecular formula is C12H14BrN3O3. The van der Waals surface area contributed by atoms with Crippen LogP contribution in [0.2, 0.25) is 0 Å². The lowest BCUT2D eigenvalue weighted by molar-refractivity contribution is -0.138. The Morgan fingerprint density at radius 2 is 2.21 bits per heavy atom. The Balaban J connectivity index is 2.54. The summed E-state index contributed by atoms with van der Waals surface area (Å²) in [5.41, 5.74) is 0. The molecule has 0 saturated heterocycles. The molecule has 6 nitrogen and oxygen atoms in total. The van der Waals surface area contributed by atoms with Crippen LogP contribution in [0.3, 0.4) is 0 Å². The summed E-state index contributed by atoms with van der Waals surface area (Å²) in [6.45, 7) is 3.61. The topological polar surface area (TPSA) is 82.5 Å². The van der Waals surface area contributed by atoms with E-state index in [0.717, 1.165) is 4.47 Å². The molecule has 1 heterocycles. The molecule has 0 bridgehead atoms. The van der Waals surface area contributed by atoms with E-state index >= 15 is 0 Å². The Morgan fingerprint density at radius 1 is 1.47 bits per heavy atom. The first-order valence-corrected chi connectivity index (χ1v) is 6.27. The number of carboxylic acid groups (broad SMARTS) is 1. The third kappa shape index (κ3) is 6.12. The third-order valence-electron chi connectivity index (χ3n) is 2.11. The van der Waals surface area contributed by atoms with Crippen molar-refractivity contribution in [1.82, 2.24) is 9.88 Å². The Hall–Kier alpha value is -1.73. The highest BCUT2D eigenvalue weighted by molar-refractivity contribution is 9.10. The molecule has 2 N–H and O–H groups in total. The number of rotatable bonds is 7. The molecule has 0 aliphatic heterocycles. The van der Waals surface area contributed by atoms with Crippen LogP contribution in [-0.2, 0) is 9.59 Å². The van der Waals surface area contributed by atoms with Crippen LogP contribution in [0.5, 0.6) is 0 Å². The summed E-state index contributed by atoms with van der Waals surface area (Å²) in [4.78, 5) is 27.8. The molecule has 1 aromatic heterocycles. The zero-order valence-electron chi connectivity index (χ0n) is 10.2. The van der Waals surface area contributed by atoms with Crippen LogP contribution in [0, 0.1) is 0 Å². The fourth-order valence-electron chi connectivity index (χ4n) is 1.39. The summed E-state index contributed by atoms with van der Waals surface area (Å²) in [6.07, 6.45) is 3.11. The molecule has 1 amide bonds. The minimum Gasteiger partial charge on any atom is -0.480 e. The van der Waals surface area contributed by atoms with E-state index in [9.17, 15) is 9.59 Å². The number of carboxylic acids is 1. The van der Waals surface area contributed by atoms with Crippen molar-refractivity contribution >= 4 is 33.6 Å². The normalized spacial score (nSPS) is 10.2. The predicted octanol–water partition coefficient (Wildman–Crippen LogP) is 1.36. The fourth-order valence-corrected chi connectivity index (χ4v) is 1.63. The lowest BCUT2D eigenvalue weighted by Crippen LogP contribution is -2.37. The van der Waals surface area contributed by atoms with E-state index in [2.05, 4.69) is 32.8 Å². The van der Waals surface area contributed by atoms with Gasteiger partial charge in [-0.2, -0.15) is 0 Å². The summed E-state index contributed by atoms with van der Waals surface area (Å²) in [5.74, 6) is -0.892. The summed E-state index contributed by atoms with van der Waals surface area (Å²) in [5, 5.41) is 11.3. The summed E-state index contributed by atoms with van der Waals surface area (Å²) in [7, 11) is 0. The number of anilines is 1. The van der Waals surface area contributed by atoms with Gasteiger partial charge in [-0.15, -0.1) is 6.58 Å². The molecule has 0 unspecified atom stereocenters. The molecule has 19 heavy (non-hydrogen) atoms. The lowest BCUT2D eigenvalue weighted by atomic mass is 10.4. The number of halogens is 1. The van der Waals surface area contributed by atoms with Crippen molar-refractivity contribution in [3.63, 3.8) is 0 Å². The Morgan fingerprint density at radius 3 is 2.74 bits per heavy atom. The number of nitrogens with zero attached hydrogens (tertiary/aromatic N) is 2. The van der Waals surface area contributed by atoms with Crippen LogP contribution >= 0.6 is 15.9 Å². The van der Waals surface area contributed by atoms with Crippen molar-refractivity contribution < 1.29 is 14.7 Å². The first-order valence-electron chi connectivity index (χ1n) is 5.47. The Labute approximate surface area is 119 Å². The highest BCUT2D eigenvalue weighted by Crippen LogP contribution is 2.10. The van der Waals surface area contributed by atoms with Crippen LogP contribution in [0.15, 0.2) is 35.5 Å². The molecule has 1 rings (SSSR count). The smallest absolute Gasteiger partial charge is 0.317 e. The lowest BCUT2D eigenvalue weighted by Gasteiger charge is -2.17. The van der Waals surface area contributed by atoms with Gasteiger partial charge in [0.1, 0.15) is 5.82 Å². The quantitative estimate of drug-likeness (QED) is 0.739. The van der Waals surface area contributed by atoms with Gasteiger partial charge in [0.2, 0.25) is 5.91 Å². The number of aromatic nitrogens is 1. The number of carbonyl (C=O) groups excluding carboxylic acids is 1. The second-order valence-electron chi connectivity index (χ2n) is 3.76. The molecule has 0 aromatic carbocycles. The van der Waals surface area contributed by atoms with Gasteiger partial charge in [-0.25, -0.2) is 4.98 Å². The van der Waals surface area contributed by atoms with E-state index in [-0.39, 0.29) is 19.0 Å². The molecule has 0 fully saturated rings. The highest BCUT2D eigenvalue weighted by Gasteiger charge is 2.13. The number of nitrogens with one attached hydrogen (secondary N) is 1. The van der Waals surface area contributed by atoms with Crippen molar-refractivity contribution in [3.05, 3.63) is 35.5 Å². The molecule has 0 saturated carbocycles. The maximum atomic E-state index is 11.7. The van der Waals surface area contributed by atoms with Crippen molar-refractivity contribution in [2.45, 2.75) is 0 Å². The Kier molecular flexibility index (Phi) is 6.17. The molecule has 0 aliphatic carbocycles. The van der Waals surface area contributed by atoms with E-state index in [1.807, 2.05) is 0 Å². The monoisotopic (exact) mass is 327 g/mol. The predicted molar refractivity (Wildman–Crippen MR) is 74.8 cm³/mol. The molecule has 0 aliphatic rings. The minimum atomic E-state index is -0.989. The van der Waals surface area contributed by atoms with Gasteiger partial charge in [-0.3, -0.25) is 14.5 Å². The molecule has 7 heteroatoms. The number of aliphatic carboxylic acids is 1. The third-order valence-corrected chi connectivity index (χ3v) is 2.58. The number of hydrogen-bond donors (Lipinski definition) is 2. The minimum absolute atomic E-state index is 0.0317. The van der Waals surface area contributed by atoms with Crippen molar-refractivity contribution in [1.29, 1.82) is 0 Å². The number of amides is 1. The van der Waals surface area contributed by atoms with Crippen LogP contribution < -0.4 is 5.32 Å². The van der Waals surface area contributed by atoms with Gasteiger partial charge in [0.15, 0.2) is 0 Å². The van der Waals surface area contributed by atoms with E-state index < -0.39 is 5.97 Å². The average molecular weight is 328 g/mol. The van der Waals surface area contributed by atoms with E-state index in [1.54, 1.807) is 24.4 Å².